The smallest absolute Gasteiger partial charge is 0.111 e. The van der Waals surface area contributed by atoms with Gasteiger partial charge in [0.15, 0.2) is 0 Å². The maximum Gasteiger partial charge on any atom is 0.111 e. The van der Waals surface area contributed by atoms with E-state index in [1.54, 1.807) is 0 Å². The third-order valence-electron chi connectivity index (χ3n) is 6.06. The van der Waals surface area contributed by atoms with Gasteiger partial charge in [-0.1, -0.05) is 103 Å². The van der Waals surface area contributed by atoms with Crippen LogP contribution in [0.2, 0.25) is 0 Å². The minimum Gasteiger partial charge on any atom is -0.394 e. The minimum atomic E-state index is -1.10. The van der Waals surface area contributed by atoms with Gasteiger partial charge in [-0.3, -0.25) is 0 Å². The zero-order chi connectivity index (χ0) is 21.9. The largest absolute Gasteiger partial charge is 0.394 e. The van der Waals surface area contributed by atoms with Crippen LogP contribution in [0.3, 0.4) is 0 Å². The van der Waals surface area contributed by atoms with Gasteiger partial charge in [0.05, 0.1) is 19.8 Å². The Kier molecular flexibility index (Phi) is 17.7. The van der Waals surface area contributed by atoms with Crippen molar-refractivity contribution >= 4 is 0 Å². The van der Waals surface area contributed by atoms with Gasteiger partial charge in [0.1, 0.15) is 24.4 Å². The normalized spacial score (nSPS) is 24.7. The molecule has 0 aliphatic carbocycles. The fourth-order valence-electron chi connectivity index (χ4n) is 3.98. The predicted molar refractivity (Wildman–Crippen MR) is 123 cm³/mol. The molecule has 0 bridgehead atoms. The number of ether oxygens (including phenoxy) is 2. The molecule has 1 rings (SSSR count). The molecule has 0 spiro atoms. The highest BCUT2D eigenvalue weighted by molar-refractivity contribution is 4.89. The molecule has 1 aliphatic rings. The van der Waals surface area contributed by atoms with Gasteiger partial charge in [-0.2, -0.15) is 0 Å². The number of hydrogen-bond acceptors (Lipinski definition) is 5. The molecule has 1 heterocycles. The monoisotopic (exact) mass is 428 g/mol. The summed E-state index contributed by atoms with van der Waals surface area (Å²) in [5, 5.41) is 28.9. The molecule has 0 aromatic heterocycles. The fourth-order valence-corrected chi connectivity index (χ4v) is 3.98. The molecular formula is C25H48O5. The van der Waals surface area contributed by atoms with Crippen LogP contribution < -0.4 is 0 Å². The number of hydrogen-bond donors (Lipinski definition) is 3. The second kappa shape index (κ2) is 19.2. The van der Waals surface area contributed by atoms with Crippen LogP contribution in [0.15, 0.2) is 12.2 Å². The van der Waals surface area contributed by atoms with Crippen molar-refractivity contribution in [1.82, 2.24) is 0 Å². The van der Waals surface area contributed by atoms with E-state index in [1.165, 1.54) is 89.9 Å². The molecule has 0 radical (unpaired) electrons. The Morgan fingerprint density at radius 2 is 1.30 bits per heavy atom. The summed E-state index contributed by atoms with van der Waals surface area (Å²) in [6.07, 6.45) is 21.0. The molecule has 0 aromatic carbocycles. The summed E-state index contributed by atoms with van der Waals surface area (Å²) in [6.45, 7) is 2.57. The van der Waals surface area contributed by atoms with Crippen LogP contribution in [0, 0.1) is 0 Å². The zero-order valence-corrected chi connectivity index (χ0v) is 19.4. The highest BCUT2D eigenvalue weighted by atomic mass is 16.6. The van der Waals surface area contributed by atoms with Gasteiger partial charge in [-0.25, -0.2) is 0 Å². The first-order valence-electron chi connectivity index (χ1n) is 12.6. The van der Waals surface area contributed by atoms with Crippen molar-refractivity contribution in [3.05, 3.63) is 12.2 Å². The first kappa shape index (κ1) is 27.6. The molecule has 1 saturated heterocycles. The number of unbranched alkanes of at least 4 members (excludes halogenated alkanes) is 14. The molecular weight excluding hydrogens is 380 g/mol. The Morgan fingerprint density at radius 1 is 0.767 bits per heavy atom. The minimum absolute atomic E-state index is 0.191. The molecule has 178 valence electrons. The van der Waals surface area contributed by atoms with Crippen molar-refractivity contribution in [2.24, 2.45) is 0 Å². The third kappa shape index (κ3) is 13.1. The SMILES string of the molecule is CCCCCCCCCCCCCCCC/C=C/CO[C@@H]1CO[C@@H](CO)[C@H](O)[C@H]1O. The molecule has 1 fully saturated rings. The van der Waals surface area contributed by atoms with Crippen molar-refractivity contribution in [2.75, 3.05) is 19.8 Å². The summed E-state index contributed by atoms with van der Waals surface area (Å²) >= 11 is 0. The molecule has 30 heavy (non-hydrogen) atoms. The van der Waals surface area contributed by atoms with Crippen molar-refractivity contribution in [1.29, 1.82) is 0 Å². The van der Waals surface area contributed by atoms with E-state index in [0.29, 0.717) is 6.61 Å². The van der Waals surface area contributed by atoms with Crippen LogP contribution in [0.25, 0.3) is 0 Å². The van der Waals surface area contributed by atoms with Crippen molar-refractivity contribution in [3.63, 3.8) is 0 Å². The van der Waals surface area contributed by atoms with E-state index in [-0.39, 0.29) is 13.2 Å². The van der Waals surface area contributed by atoms with Gasteiger partial charge >= 0.3 is 0 Å². The highest BCUT2D eigenvalue weighted by Crippen LogP contribution is 2.18. The third-order valence-corrected chi connectivity index (χ3v) is 6.06. The van der Waals surface area contributed by atoms with Gasteiger partial charge in [-0.15, -0.1) is 0 Å². The van der Waals surface area contributed by atoms with Crippen molar-refractivity contribution in [2.45, 2.75) is 128 Å². The zero-order valence-electron chi connectivity index (χ0n) is 19.4. The van der Waals surface area contributed by atoms with Crippen molar-refractivity contribution in [3.8, 4) is 0 Å². The lowest BCUT2D eigenvalue weighted by molar-refractivity contribution is -0.205. The van der Waals surface area contributed by atoms with Crippen LogP contribution in [0.5, 0.6) is 0 Å². The van der Waals surface area contributed by atoms with Crippen molar-refractivity contribution < 1.29 is 24.8 Å². The average molecular weight is 429 g/mol. The summed E-state index contributed by atoms with van der Waals surface area (Å²) in [6, 6.07) is 0. The first-order chi connectivity index (χ1) is 14.7. The molecule has 4 atom stereocenters. The lowest BCUT2D eigenvalue weighted by Gasteiger charge is -2.36. The topological polar surface area (TPSA) is 79.2 Å². The number of rotatable bonds is 19. The highest BCUT2D eigenvalue weighted by Gasteiger charge is 2.38. The summed E-state index contributed by atoms with van der Waals surface area (Å²) in [7, 11) is 0. The summed E-state index contributed by atoms with van der Waals surface area (Å²) in [4.78, 5) is 0. The van der Waals surface area contributed by atoms with E-state index >= 15 is 0 Å². The van der Waals surface area contributed by atoms with E-state index in [4.69, 9.17) is 14.6 Å². The van der Waals surface area contributed by atoms with E-state index in [0.717, 1.165) is 6.42 Å². The van der Waals surface area contributed by atoms with Gasteiger partial charge in [0, 0.05) is 0 Å². The van der Waals surface area contributed by atoms with E-state index in [9.17, 15) is 10.2 Å². The van der Waals surface area contributed by atoms with Crippen LogP contribution >= 0.6 is 0 Å². The summed E-state index contributed by atoms with van der Waals surface area (Å²) in [5.74, 6) is 0. The molecule has 5 heteroatoms. The Bertz CT molecular complexity index is 401. The molecule has 1 aliphatic heterocycles. The lowest BCUT2D eigenvalue weighted by Crippen LogP contribution is -2.54. The molecule has 0 amide bonds. The number of allylic oxidation sites excluding steroid dienone is 1. The van der Waals surface area contributed by atoms with E-state index in [2.05, 4.69) is 13.0 Å². The number of aliphatic hydroxyl groups is 3. The van der Waals surface area contributed by atoms with Gasteiger partial charge < -0.3 is 24.8 Å². The second-order valence-corrected chi connectivity index (χ2v) is 8.76. The quantitative estimate of drug-likeness (QED) is 0.201. The molecule has 0 unspecified atom stereocenters. The predicted octanol–water partition coefficient (Wildman–Crippen LogP) is 4.91. The molecule has 5 nitrogen and oxygen atoms in total. The summed E-state index contributed by atoms with van der Waals surface area (Å²) < 4.78 is 10.9. The molecule has 0 saturated carbocycles. The van der Waals surface area contributed by atoms with Crippen LogP contribution in [0.1, 0.15) is 103 Å². The maximum atomic E-state index is 9.99. The van der Waals surface area contributed by atoms with Gasteiger partial charge in [0.25, 0.3) is 0 Å². The Morgan fingerprint density at radius 3 is 1.83 bits per heavy atom. The maximum absolute atomic E-state index is 9.99. The Labute approximate surface area is 184 Å². The summed E-state index contributed by atoms with van der Waals surface area (Å²) in [5.41, 5.74) is 0. The Balaban J connectivity index is 1.83. The fraction of sp³-hybridized carbons (Fsp3) is 0.920. The molecule has 0 aromatic rings. The van der Waals surface area contributed by atoms with Crippen LogP contribution in [-0.2, 0) is 9.47 Å². The lowest BCUT2D eigenvalue weighted by atomic mass is 10.0. The number of aliphatic hydroxyl groups excluding tert-OH is 3. The first-order valence-corrected chi connectivity index (χ1v) is 12.6. The van der Waals surface area contributed by atoms with Crippen LogP contribution in [-0.4, -0.2) is 59.6 Å². The van der Waals surface area contributed by atoms with Gasteiger partial charge in [0.2, 0.25) is 0 Å². The van der Waals surface area contributed by atoms with Gasteiger partial charge in [-0.05, 0) is 12.8 Å². The van der Waals surface area contributed by atoms with E-state index < -0.39 is 24.4 Å². The Hall–Kier alpha value is -0.460. The molecule has 3 N–H and O–H groups in total. The average Bonchev–Trinajstić information content (AvgIpc) is 2.75. The van der Waals surface area contributed by atoms with E-state index in [1.807, 2.05) is 6.08 Å². The van der Waals surface area contributed by atoms with Crippen LogP contribution in [0.4, 0.5) is 0 Å². The second-order valence-electron chi connectivity index (χ2n) is 8.76. The standard InChI is InChI=1S/C25H48O5/c1-2-3-4-5-6-7-8-9-10-11-12-13-14-15-16-17-18-19-29-23-21-30-22(20-26)24(27)25(23)28/h17-18,22-28H,2-16,19-21H2,1H3/b18-17+/t22-,23+,24-,25-/m0/s1.